The van der Waals surface area contributed by atoms with E-state index in [0.29, 0.717) is 0 Å². The van der Waals surface area contributed by atoms with Crippen LogP contribution in [0.25, 0.3) is 0 Å². The van der Waals surface area contributed by atoms with Crippen molar-refractivity contribution in [2.75, 3.05) is 6.54 Å². The van der Waals surface area contributed by atoms with E-state index in [4.69, 9.17) is 10.5 Å². The van der Waals surface area contributed by atoms with E-state index >= 15 is 0 Å². The van der Waals surface area contributed by atoms with E-state index < -0.39 is 29.5 Å². The molecular weight excluding hydrogens is 297 g/mol. The molecule has 124 valence electrons. The third kappa shape index (κ3) is 6.34. The highest BCUT2D eigenvalue weighted by Gasteiger charge is 2.33. The van der Waals surface area contributed by atoms with E-state index in [1.165, 1.54) is 18.2 Å². The van der Waals surface area contributed by atoms with Crippen LogP contribution >= 0.6 is 0 Å². The van der Waals surface area contributed by atoms with Gasteiger partial charge < -0.3 is 15.8 Å². The molecule has 7 heteroatoms. The van der Waals surface area contributed by atoms with Crippen LogP contribution in [0, 0.1) is 0 Å². The maximum absolute atomic E-state index is 12.9. The normalized spacial score (nSPS) is 13.6. The fraction of sp³-hybridized carbons (Fsp3) is 0.533. The molecule has 4 nitrogen and oxygen atoms in total. The highest BCUT2D eigenvalue weighted by atomic mass is 19.4. The number of rotatable bonds is 4. The van der Waals surface area contributed by atoms with Crippen molar-refractivity contribution < 1.29 is 22.7 Å². The maximum atomic E-state index is 12.9. The van der Waals surface area contributed by atoms with Crippen LogP contribution in [0.5, 0.6) is 0 Å². The van der Waals surface area contributed by atoms with Gasteiger partial charge in [-0.05, 0) is 38.8 Å². The molecule has 22 heavy (non-hydrogen) atoms. The zero-order valence-electron chi connectivity index (χ0n) is 12.8. The molecule has 0 spiro atoms. The summed E-state index contributed by atoms with van der Waals surface area (Å²) in [5.41, 5.74) is 4.55. The number of ether oxygens (including phenoxy) is 1. The topological polar surface area (TPSA) is 64.3 Å². The van der Waals surface area contributed by atoms with Crippen LogP contribution < -0.4 is 11.1 Å². The van der Waals surface area contributed by atoms with Crippen molar-refractivity contribution in [3.05, 3.63) is 35.4 Å². The van der Waals surface area contributed by atoms with Gasteiger partial charge in [0.1, 0.15) is 5.60 Å². The number of nitrogens with one attached hydrogen (secondary N) is 1. The molecule has 0 aromatic heterocycles. The monoisotopic (exact) mass is 318 g/mol. The first-order valence-corrected chi connectivity index (χ1v) is 6.86. The lowest BCUT2D eigenvalue weighted by Gasteiger charge is -2.21. The van der Waals surface area contributed by atoms with Gasteiger partial charge in [0.2, 0.25) is 0 Å². The number of benzene rings is 1. The van der Waals surface area contributed by atoms with Crippen LogP contribution in [-0.2, 0) is 17.3 Å². The molecule has 0 radical (unpaired) electrons. The summed E-state index contributed by atoms with van der Waals surface area (Å²) in [5, 5.41) is 2.45. The minimum absolute atomic E-state index is 0.00544. The second-order valence-electron chi connectivity index (χ2n) is 6.00. The zero-order valence-corrected chi connectivity index (χ0v) is 12.8. The SMILES string of the molecule is CC(C)(C)OC(=O)NC[C@@H](N)Cc1ccccc1C(F)(F)F. The van der Waals surface area contributed by atoms with Crippen LogP contribution in [-0.4, -0.2) is 24.3 Å². The lowest BCUT2D eigenvalue weighted by molar-refractivity contribution is -0.138. The average molecular weight is 318 g/mol. The number of hydrogen-bond donors (Lipinski definition) is 2. The Morgan fingerprint density at radius 2 is 1.86 bits per heavy atom. The van der Waals surface area contributed by atoms with Crippen molar-refractivity contribution in [3.8, 4) is 0 Å². The van der Waals surface area contributed by atoms with Crippen LogP contribution in [0.15, 0.2) is 24.3 Å². The van der Waals surface area contributed by atoms with Crippen LogP contribution in [0.2, 0.25) is 0 Å². The van der Waals surface area contributed by atoms with Gasteiger partial charge in [0.15, 0.2) is 0 Å². The molecule has 1 aromatic carbocycles. The van der Waals surface area contributed by atoms with Crippen molar-refractivity contribution in [1.82, 2.24) is 5.32 Å². The van der Waals surface area contributed by atoms with Crippen molar-refractivity contribution in [2.45, 2.75) is 45.0 Å². The molecule has 0 aliphatic rings. The quantitative estimate of drug-likeness (QED) is 0.896. The van der Waals surface area contributed by atoms with Gasteiger partial charge in [0.25, 0.3) is 0 Å². The van der Waals surface area contributed by atoms with Gasteiger partial charge in [-0.3, -0.25) is 0 Å². The summed E-state index contributed by atoms with van der Waals surface area (Å²) >= 11 is 0. The second kappa shape index (κ2) is 7.00. The van der Waals surface area contributed by atoms with Gasteiger partial charge in [-0.2, -0.15) is 13.2 Å². The summed E-state index contributed by atoms with van der Waals surface area (Å²) in [6, 6.07) is 4.62. The summed E-state index contributed by atoms with van der Waals surface area (Å²) in [6.07, 6.45) is -5.06. The highest BCUT2D eigenvalue weighted by Crippen LogP contribution is 2.32. The van der Waals surface area contributed by atoms with Gasteiger partial charge in [-0.25, -0.2) is 4.79 Å². The lowest BCUT2D eigenvalue weighted by Crippen LogP contribution is -2.41. The third-order valence-electron chi connectivity index (χ3n) is 2.71. The number of amides is 1. The molecule has 1 aromatic rings. The Morgan fingerprint density at radius 1 is 1.27 bits per heavy atom. The molecular formula is C15H21F3N2O2. The first-order chi connectivity index (χ1) is 9.99. The van der Waals surface area contributed by atoms with Crippen LogP contribution in [0.3, 0.4) is 0 Å². The Morgan fingerprint density at radius 3 is 2.41 bits per heavy atom. The largest absolute Gasteiger partial charge is 0.444 e. The molecule has 0 heterocycles. The second-order valence-corrected chi connectivity index (χ2v) is 6.00. The van der Waals surface area contributed by atoms with E-state index in [0.717, 1.165) is 6.07 Å². The van der Waals surface area contributed by atoms with E-state index in [9.17, 15) is 18.0 Å². The lowest BCUT2D eigenvalue weighted by atomic mass is 10.0. The van der Waals surface area contributed by atoms with Gasteiger partial charge in [-0.1, -0.05) is 18.2 Å². The molecule has 1 atom stereocenters. The number of carbonyl (C=O) groups is 1. The minimum Gasteiger partial charge on any atom is -0.444 e. The molecule has 3 N–H and O–H groups in total. The molecule has 0 unspecified atom stereocenters. The predicted molar refractivity (Wildman–Crippen MR) is 77.4 cm³/mol. The van der Waals surface area contributed by atoms with Crippen LogP contribution in [0.1, 0.15) is 31.9 Å². The van der Waals surface area contributed by atoms with Gasteiger partial charge in [0.05, 0.1) is 5.56 Å². The molecule has 1 rings (SSSR count). The zero-order chi connectivity index (χ0) is 17.0. The molecule has 0 aliphatic carbocycles. The number of nitrogens with two attached hydrogens (primary N) is 1. The first kappa shape index (κ1) is 18.3. The fourth-order valence-corrected chi connectivity index (χ4v) is 1.86. The number of alkyl carbamates (subject to hydrolysis) is 1. The summed E-state index contributed by atoms with van der Waals surface area (Å²) in [5.74, 6) is 0. The Kier molecular flexibility index (Phi) is 5.82. The van der Waals surface area contributed by atoms with Crippen molar-refractivity contribution in [3.63, 3.8) is 0 Å². The Labute approximate surface area is 127 Å². The Bertz CT molecular complexity index is 510. The third-order valence-corrected chi connectivity index (χ3v) is 2.71. The average Bonchev–Trinajstić information content (AvgIpc) is 2.34. The van der Waals surface area contributed by atoms with E-state index in [1.54, 1.807) is 20.8 Å². The molecule has 0 saturated carbocycles. The van der Waals surface area contributed by atoms with E-state index in [2.05, 4.69) is 5.32 Å². The Balaban J connectivity index is 2.60. The van der Waals surface area contributed by atoms with Gasteiger partial charge >= 0.3 is 12.3 Å². The highest BCUT2D eigenvalue weighted by molar-refractivity contribution is 5.67. The molecule has 0 fully saturated rings. The van der Waals surface area contributed by atoms with E-state index in [1.807, 2.05) is 0 Å². The number of carbonyl (C=O) groups excluding carboxylic acids is 1. The minimum atomic E-state index is -4.42. The standard InChI is InChI=1S/C15H21F3N2O2/c1-14(2,3)22-13(21)20-9-11(19)8-10-6-4-5-7-12(10)15(16,17)18/h4-7,11H,8-9,19H2,1-3H3,(H,20,21)/t11-/m0/s1. The van der Waals surface area contributed by atoms with Crippen molar-refractivity contribution in [1.29, 1.82) is 0 Å². The summed E-state index contributed by atoms with van der Waals surface area (Å²) in [6.45, 7) is 5.17. The molecule has 0 saturated heterocycles. The summed E-state index contributed by atoms with van der Waals surface area (Å²) in [4.78, 5) is 11.5. The molecule has 1 amide bonds. The fourth-order valence-electron chi connectivity index (χ4n) is 1.86. The van der Waals surface area contributed by atoms with Gasteiger partial charge in [-0.15, -0.1) is 0 Å². The van der Waals surface area contributed by atoms with Crippen LogP contribution in [0.4, 0.5) is 18.0 Å². The first-order valence-electron chi connectivity index (χ1n) is 6.86. The number of hydrogen-bond acceptors (Lipinski definition) is 3. The number of halogens is 3. The number of alkyl halides is 3. The Hall–Kier alpha value is -1.76. The van der Waals surface area contributed by atoms with Crippen molar-refractivity contribution in [2.24, 2.45) is 5.73 Å². The van der Waals surface area contributed by atoms with Crippen molar-refractivity contribution >= 4 is 6.09 Å². The van der Waals surface area contributed by atoms with Gasteiger partial charge in [0, 0.05) is 12.6 Å². The predicted octanol–water partition coefficient (Wildman–Crippen LogP) is 3.10. The molecule has 0 aliphatic heterocycles. The van der Waals surface area contributed by atoms with E-state index in [-0.39, 0.29) is 18.5 Å². The summed E-state index contributed by atoms with van der Waals surface area (Å²) < 4.78 is 43.6. The summed E-state index contributed by atoms with van der Waals surface area (Å²) in [7, 11) is 0. The maximum Gasteiger partial charge on any atom is 0.416 e. The smallest absolute Gasteiger partial charge is 0.416 e. The molecule has 0 bridgehead atoms.